The Morgan fingerprint density at radius 1 is 1.30 bits per heavy atom. The lowest BCUT2D eigenvalue weighted by Crippen LogP contribution is -2.30. The number of para-hydroxylation sites is 2. The van der Waals surface area contributed by atoms with Crippen LogP contribution in [0.1, 0.15) is 17.3 Å². The van der Waals surface area contributed by atoms with E-state index in [2.05, 4.69) is 5.32 Å². The molecule has 3 rings (SSSR count). The first-order chi connectivity index (χ1) is 12.9. The molecular formula is C17H13ClN2O7. The molecule has 2 aromatic rings. The molecule has 140 valence electrons. The number of nitrogens with one attached hydrogen (secondary N) is 1. The van der Waals surface area contributed by atoms with Gasteiger partial charge in [-0.1, -0.05) is 23.7 Å². The molecule has 1 atom stereocenters. The van der Waals surface area contributed by atoms with Crippen molar-refractivity contribution < 1.29 is 28.7 Å². The standard InChI is InChI=1S/C17H13ClN2O7/c1-9(16(21)19-12-4-2-3-5-13(12)20(23)24)27-17(22)10-6-11(18)15-14(7-10)25-8-26-15/h2-7,9H,8H2,1H3,(H,19,21). The summed E-state index contributed by atoms with van der Waals surface area (Å²) in [5.41, 5.74) is -0.192. The number of nitro groups is 1. The number of fused-ring (bicyclic) bond motifs is 1. The first-order valence-corrected chi connectivity index (χ1v) is 8.09. The van der Waals surface area contributed by atoms with Crippen molar-refractivity contribution in [3.63, 3.8) is 0 Å². The van der Waals surface area contributed by atoms with Crippen LogP contribution in [0.15, 0.2) is 36.4 Å². The zero-order valence-electron chi connectivity index (χ0n) is 13.9. The third-order valence-electron chi connectivity index (χ3n) is 3.67. The number of carbonyl (C=O) groups is 2. The van der Waals surface area contributed by atoms with Gasteiger partial charge in [-0.05, 0) is 25.1 Å². The van der Waals surface area contributed by atoms with E-state index in [-0.39, 0.29) is 28.8 Å². The van der Waals surface area contributed by atoms with Crippen LogP contribution >= 0.6 is 11.6 Å². The van der Waals surface area contributed by atoms with Crippen LogP contribution in [-0.2, 0) is 9.53 Å². The highest BCUT2D eigenvalue weighted by atomic mass is 35.5. The molecular weight excluding hydrogens is 380 g/mol. The maximum atomic E-state index is 12.3. The summed E-state index contributed by atoms with van der Waals surface area (Å²) >= 11 is 6.02. The Kier molecular flexibility index (Phi) is 5.13. The molecule has 1 heterocycles. The van der Waals surface area contributed by atoms with Crippen molar-refractivity contribution >= 4 is 34.9 Å². The minimum Gasteiger partial charge on any atom is -0.454 e. The van der Waals surface area contributed by atoms with Gasteiger partial charge in [-0.3, -0.25) is 14.9 Å². The van der Waals surface area contributed by atoms with Crippen molar-refractivity contribution in [2.24, 2.45) is 0 Å². The number of halogens is 1. The Balaban J connectivity index is 1.69. The molecule has 0 fully saturated rings. The van der Waals surface area contributed by atoms with Crippen LogP contribution in [0.2, 0.25) is 5.02 Å². The molecule has 10 heteroatoms. The van der Waals surface area contributed by atoms with Crippen LogP contribution in [0.25, 0.3) is 0 Å². The lowest BCUT2D eigenvalue weighted by Gasteiger charge is -2.14. The maximum absolute atomic E-state index is 12.3. The van der Waals surface area contributed by atoms with Crippen molar-refractivity contribution in [1.82, 2.24) is 0 Å². The number of amides is 1. The number of carbonyl (C=O) groups excluding carboxylic acids is 2. The van der Waals surface area contributed by atoms with E-state index in [9.17, 15) is 19.7 Å². The minimum atomic E-state index is -1.21. The highest BCUT2D eigenvalue weighted by Crippen LogP contribution is 2.40. The summed E-state index contributed by atoms with van der Waals surface area (Å²) in [7, 11) is 0. The summed E-state index contributed by atoms with van der Waals surface area (Å²) in [4.78, 5) is 34.9. The lowest BCUT2D eigenvalue weighted by atomic mass is 10.2. The van der Waals surface area contributed by atoms with E-state index in [1.54, 1.807) is 0 Å². The predicted molar refractivity (Wildman–Crippen MR) is 94.2 cm³/mol. The van der Waals surface area contributed by atoms with Gasteiger partial charge in [-0.15, -0.1) is 0 Å². The summed E-state index contributed by atoms with van der Waals surface area (Å²) < 4.78 is 15.4. The molecule has 2 aromatic carbocycles. The molecule has 1 N–H and O–H groups in total. The van der Waals surface area contributed by atoms with Crippen LogP contribution < -0.4 is 14.8 Å². The molecule has 1 amide bonds. The van der Waals surface area contributed by atoms with Gasteiger partial charge >= 0.3 is 5.97 Å². The second-order valence-electron chi connectivity index (χ2n) is 5.50. The van der Waals surface area contributed by atoms with Gasteiger partial charge in [0.1, 0.15) is 5.69 Å². The molecule has 1 aliphatic rings. The Bertz CT molecular complexity index is 931. The molecule has 0 radical (unpaired) electrons. The van der Waals surface area contributed by atoms with E-state index in [0.29, 0.717) is 11.5 Å². The lowest BCUT2D eigenvalue weighted by molar-refractivity contribution is -0.383. The van der Waals surface area contributed by atoms with Gasteiger partial charge in [0.2, 0.25) is 6.79 Å². The predicted octanol–water partition coefficient (Wildman–Crippen LogP) is 3.16. The topological polar surface area (TPSA) is 117 Å². The van der Waals surface area contributed by atoms with E-state index in [1.807, 2.05) is 0 Å². The highest BCUT2D eigenvalue weighted by molar-refractivity contribution is 6.32. The first-order valence-electron chi connectivity index (χ1n) is 7.71. The van der Waals surface area contributed by atoms with Gasteiger partial charge in [0, 0.05) is 6.07 Å². The summed E-state index contributed by atoms with van der Waals surface area (Å²) in [5, 5.41) is 13.5. The fourth-order valence-electron chi connectivity index (χ4n) is 2.34. The molecule has 27 heavy (non-hydrogen) atoms. The minimum absolute atomic E-state index is 0.00141. The molecule has 1 unspecified atom stereocenters. The molecule has 0 saturated carbocycles. The van der Waals surface area contributed by atoms with Crippen molar-refractivity contribution in [3.8, 4) is 11.5 Å². The fraction of sp³-hybridized carbons (Fsp3) is 0.176. The van der Waals surface area contributed by atoms with Crippen LogP contribution in [0.4, 0.5) is 11.4 Å². The number of nitro benzene ring substituents is 1. The second kappa shape index (κ2) is 7.50. The second-order valence-corrected chi connectivity index (χ2v) is 5.91. The Hall–Kier alpha value is -3.33. The number of ether oxygens (including phenoxy) is 3. The van der Waals surface area contributed by atoms with Gasteiger partial charge in [0.25, 0.3) is 11.6 Å². The van der Waals surface area contributed by atoms with Gasteiger partial charge < -0.3 is 19.5 Å². The monoisotopic (exact) mass is 392 g/mol. The molecule has 9 nitrogen and oxygen atoms in total. The third-order valence-corrected chi connectivity index (χ3v) is 3.96. The maximum Gasteiger partial charge on any atom is 0.339 e. The summed E-state index contributed by atoms with van der Waals surface area (Å²) in [6.07, 6.45) is -1.21. The van der Waals surface area contributed by atoms with Gasteiger partial charge in [-0.25, -0.2) is 4.79 Å². The fourth-order valence-corrected chi connectivity index (χ4v) is 2.61. The normalized spacial score (nSPS) is 13.0. The average Bonchev–Trinajstić information content (AvgIpc) is 3.11. The Morgan fingerprint density at radius 3 is 2.78 bits per heavy atom. The van der Waals surface area contributed by atoms with Crippen LogP contribution in [0.5, 0.6) is 11.5 Å². The highest BCUT2D eigenvalue weighted by Gasteiger charge is 2.25. The van der Waals surface area contributed by atoms with Gasteiger partial charge in [-0.2, -0.15) is 0 Å². The van der Waals surface area contributed by atoms with Crippen molar-refractivity contribution in [2.45, 2.75) is 13.0 Å². The molecule has 0 aromatic heterocycles. The Morgan fingerprint density at radius 2 is 2.04 bits per heavy atom. The zero-order valence-corrected chi connectivity index (χ0v) is 14.7. The number of anilines is 1. The van der Waals surface area contributed by atoms with Gasteiger partial charge in [0.05, 0.1) is 15.5 Å². The van der Waals surface area contributed by atoms with E-state index in [4.69, 9.17) is 25.8 Å². The first kappa shape index (κ1) is 18.5. The number of rotatable bonds is 5. The van der Waals surface area contributed by atoms with Gasteiger partial charge in [0.15, 0.2) is 17.6 Å². The van der Waals surface area contributed by atoms with E-state index in [0.717, 1.165) is 0 Å². The van der Waals surface area contributed by atoms with Crippen LogP contribution in [0.3, 0.4) is 0 Å². The summed E-state index contributed by atoms with van der Waals surface area (Å²) in [6, 6.07) is 8.37. The molecule has 0 saturated heterocycles. The largest absolute Gasteiger partial charge is 0.454 e. The quantitative estimate of drug-likeness (QED) is 0.471. The summed E-state index contributed by atoms with van der Waals surface area (Å²) in [6.45, 7) is 1.33. The Labute approximate surface area is 157 Å². The number of hydrogen-bond donors (Lipinski definition) is 1. The van der Waals surface area contributed by atoms with E-state index < -0.39 is 22.9 Å². The van der Waals surface area contributed by atoms with Crippen LogP contribution in [0, 0.1) is 10.1 Å². The SMILES string of the molecule is CC(OC(=O)c1cc(Cl)c2c(c1)OCO2)C(=O)Nc1ccccc1[N+](=O)[O-]. The molecule has 0 aliphatic carbocycles. The van der Waals surface area contributed by atoms with E-state index >= 15 is 0 Å². The zero-order chi connectivity index (χ0) is 19.6. The number of benzene rings is 2. The van der Waals surface area contributed by atoms with E-state index in [1.165, 1.54) is 43.3 Å². The number of nitrogens with zero attached hydrogens (tertiary/aromatic N) is 1. The summed E-state index contributed by atoms with van der Waals surface area (Å²) in [5.74, 6) is -0.897. The number of esters is 1. The third kappa shape index (κ3) is 3.93. The van der Waals surface area contributed by atoms with Crippen molar-refractivity contribution in [2.75, 3.05) is 12.1 Å². The molecule has 0 spiro atoms. The molecule has 1 aliphatic heterocycles. The van der Waals surface area contributed by atoms with Crippen molar-refractivity contribution in [1.29, 1.82) is 0 Å². The van der Waals surface area contributed by atoms with Crippen molar-refractivity contribution in [3.05, 3.63) is 57.1 Å². The smallest absolute Gasteiger partial charge is 0.339 e. The van der Waals surface area contributed by atoms with Crippen LogP contribution in [-0.4, -0.2) is 29.7 Å². The molecule has 0 bridgehead atoms. The average molecular weight is 393 g/mol. The number of hydrogen-bond acceptors (Lipinski definition) is 7.